The Balaban J connectivity index is 1.41. The van der Waals surface area contributed by atoms with Gasteiger partial charge in [0, 0.05) is 36.2 Å². The van der Waals surface area contributed by atoms with Crippen LogP contribution < -0.4 is 0 Å². The van der Waals surface area contributed by atoms with Crippen LogP contribution in [0.15, 0.2) is 77.7 Å². The Kier molecular flexibility index (Phi) is 9.83. The third-order valence-electron chi connectivity index (χ3n) is 7.33. The number of likely N-dealkylation sites (N-methyl/N-ethyl adjacent to an activating group) is 1. The summed E-state index contributed by atoms with van der Waals surface area (Å²) in [5.41, 5.74) is 3.02. The topological polar surface area (TPSA) is 40.6 Å². The average molecular weight is 558 g/mol. The molecule has 0 aliphatic carbocycles. The molecule has 2 atom stereocenters. The fourth-order valence-electron chi connectivity index (χ4n) is 5.23. The van der Waals surface area contributed by atoms with E-state index >= 15 is 0 Å². The molecule has 1 saturated heterocycles. The van der Waals surface area contributed by atoms with Gasteiger partial charge in [-0.1, -0.05) is 65.7 Å². The van der Waals surface area contributed by atoms with E-state index in [9.17, 15) is 9.00 Å². The SMILES string of the molecule is CN(CC(CCN1CCC(c2ccccc2[S@](C)=O)CC1)c1ccc(Cl)c(Cl)c1)C(=O)c1ccccc1. The van der Waals surface area contributed by atoms with Gasteiger partial charge in [0.05, 0.1) is 20.8 Å². The molecule has 1 unspecified atom stereocenters. The number of nitrogens with zero attached hydrogens (tertiary/aromatic N) is 2. The molecule has 1 amide bonds. The first kappa shape index (κ1) is 27.8. The lowest BCUT2D eigenvalue weighted by atomic mass is 9.88. The lowest BCUT2D eigenvalue weighted by molar-refractivity contribution is 0.0781. The largest absolute Gasteiger partial charge is 0.341 e. The average Bonchev–Trinajstić information content (AvgIpc) is 2.92. The minimum absolute atomic E-state index is 0.0125. The van der Waals surface area contributed by atoms with Gasteiger partial charge >= 0.3 is 0 Å². The van der Waals surface area contributed by atoms with Gasteiger partial charge in [-0.15, -0.1) is 0 Å². The highest BCUT2D eigenvalue weighted by molar-refractivity contribution is 7.84. The van der Waals surface area contributed by atoms with Crippen LogP contribution >= 0.6 is 23.2 Å². The van der Waals surface area contributed by atoms with Crippen LogP contribution in [0, 0.1) is 0 Å². The number of halogens is 2. The molecule has 3 aromatic rings. The van der Waals surface area contributed by atoms with Gasteiger partial charge in [-0.05, 0) is 86.3 Å². The second-order valence-corrected chi connectivity index (χ2v) is 12.0. The molecule has 0 spiro atoms. The van der Waals surface area contributed by atoms with Crippen LogP contribution in [0.4, 0.5) is 0 Å². The van der Waals surface area contributed by atoms with Gasteiger partial charge in [-0.25, -0.2) is 0 Å². The second-order valence-electron chi connectivity index (χ2n) is 9.82. The summed E-state index contributed by atoms with van der Waals surface area (Å²) in [6.45, 7) is 3.54. The summed E-state index contributed by atoms with van der Waals surface area (Å²) >= 11 is 12.6. The summed E-state index contributed by atoms with van der Waals surface area (Å²) in [6.07, 6.45) is 4.78. The first-order chi connectivity index (χ1) is 17.8. The van der Waals surface area contributed by atoms with E-state index in [-0.39, 0.29) is 11.8 Å². The number of rotatable bonds is 9. The van der Waals surface area contributed by atoms with Crippen LogP contribution in [-0.4, -0.2) is 59.4 Å². The monoisotopic (exact) mass is 556 g/mol. The molecule has 1 fully saturated rings. The molecule has 1 heterocycles. The molecule has 196 valence electrons. The molecule has 0 aromatic heterocycles. The minimum atomic E-state index is -0.975. The van der Waals surface area contributed by atoms with Crippen molar-refractivity contribution in [3.63, 3.8) is 0 Å². The summed E-state index contributed by atoms with van der Waals surface area (Å²) in [5, 5.41) is 1.07. The number of hydrogen-bond acceptors (Lipinski definition) is 3. The summed E-state index contributed by atoms with van der Waals surface area (Å²) in [7, 11) is 0.886. The minimum Gasteiger partial charge on any atom is -0.341 e. The maximum absolute atomic E-state index is 13.0. The Labute approximate surface area is 233 Å². The fraction of sp³-hybridized carbons (Fsp3) is 0.367. The summed E-state index contributed by atoms with van der Waals surface area (Å²) in [5.74, 6) is 0.587. The Morgan fingerprint density at radius 2 is 1.68 bits per heavy atom. The summed E-state index contributed by atoms with van der Waals surface area (Å²) in [6, 6.07) is 23.3. The molecular weight excluding hydrogens is 523 g/mol. The molecule has 1 aliphatic heterocycles. The fourth-order valence-corrected chi connectivity index (χ4v) is 6.37. The number of carbonyl (C=O) groups excluding carboxylic acids is 1. The molecule has 0 bridgehead atoms. The van der Waals surface area contributed by atoms with Gasteiger partial charge in [0.15, 0.2) is 0 Å². The highest BCUT2D eigenvalue weighted by atomic mass is 35.5. The van der Waals surface area contributed by atoms with Crippen molar-refractivity contribution in [3.8, 4) is 0 Å². The van der Waals surface area contributed by atoms with E-state index in [0.29, 0.717) is 28.1 Å². The number of piperidine rings is 1. The molecule has 0 saturated carbocycles. The van der Waals surface area contributed by atoms with Gasteiger partial charge in [0.1, 0.15) is 0 Å². The predicted molar refractivity (Wildman–Crippen MR) is 154 cm³/mol. The van der Waals surface area contributed by atoms with Crippen molar-refractivity contribution in [1.29, 1.82) is 0 Å². The normalized spacial score (nSPS) is 16.3. The molecule has 4 rings (SSSR count). The van der Waals surface area contributed by atoms with Crippen LogP contribution in [0.1, 0.15) is 52.6 Å². The molecular formula is C30H34Cl2N2O2S. The molecule has 1 aliphatic rings. The van der Waals surface area contributed by atoms with Crippen molar-refractivity contribution in [2.75, 3.05) is 39.5 Å². The van der Waals surface area contributed by atoms with Crippen LogP contribution in [0.2, 0.25) is 10.0 Å². The van der Waals surface area contributed by atoms with Crippen LogP contribution in [0.3, 0.4) is 0 Å². The number of hydrogen-bond donors (Lipinski definition) is 0. The molecule has 3 aromatic carbocycles. The second kappa shape index (κ2) is 13.1. The van der Waals surface area contributed by atoms with Crippen molar-refractivity contribution in [2.45, 2.75) is 36.0 Å². The van der Waals surface area contributed by atoms with Crippen LogP contribution in [0.5, 0.6) is 0 Å². The third-order valence-corrected chi connectivity index (χ3v) is 9.06. The van der Waals surface area contributed by atoms with E-state index in [0.717, 1.165) is 49.4 Å². The van der Waals surface area contributed by atoms with Crippen molar-refractivity contribution >= 4 is 39.9 Å². The van der Waals surface area contributed by atoms with E-state index in [1.165, 1.54) is 5.56 Å². The lowest BCUT2D eigenvalue weighted by Crippen LogP contribution is -2.36. The Bertz CT molecular complexity index is 1230. The Morgan fingerprint density at radius 1 is 1.00 bits per heavy atom. The summed E-state index contributed by atoms with van der Waals surface area (Å²) < 4.78 is 12.2. The highest BCUT2D eigenvalue weighted by Crippen LogP contribution is 2.33. The first-order valence-corrected chi connectivity index (χ1v) is 15.0. The van der Waals surface area contributed by atoms with Crippen molar-refractivity contribution in [2.24, 2.45) is 0 Å². The zero-order chi connectivity index (χ0) is 26.4. The summed E-state index contributed by atoms with van der Waals surface area (Å²) in [4.78, 5) is 18.3. The smallest absolute Gasteiger partial charge is 0.253 e. The zero-order valence-electron chi connectivity index (χ0n) is 21.4. The predicted octanol–water partition coefficient (Wildman–Crippen LogP) is 6.86. The van der Waals surface area contributed by atoms with Gasteiger partial charge < -0.3 is 9.80 Å². The standard InChI is InChI=1S/C30H34Cl2N2O2S/c1-33(30(35)23-8-4-3-5-9-23)21-25(24-12-13-27(31)28(32)20-24)16-19-34-17-14-22(15-18-34)26-10-6-7-11-29(26)37(2)36/h3-13,20,22,25H,14-19,21H2,1-2H3/t25?,37-/m0/s1. The van der Waals surface area contributed by atoms with Crippen molar-refractivity contribution < 1.29 is 9.00 Å². The van der Waals surface area contributed by atoms with Gasteiger partial charge in [0.25, 0.3) is 5.91 Å². The van der Waals surface area contributed by atoms with Crippen molar-refractivity contribution in [3.05, 3.63) is 99.5 Å². The van der Waals surface area contributed by atoms with Crippen molar-refractivity contribution in [1.82, 2.24) is 9.80 Å². The maximum Gasteiger partial charge on any atom is 0.253 e. The van der Waals surface area contributed by atoms with Crippen LogP contribution in [-0.2, 0) is 10.8 Å². The molecule has 7 heteroatoms. The molecule has 37 heavy (non-hydrogen) atoms. The van der Waals surface area contributed by atoms with E-state index in [1.807, 2.05) is 73.8 Å². The van der Waals surface area contributed by atoms with Gasteiger partial charge in [-0.3, -0.25) is 9.00 Å². The van der Waals surface area contributed by atoms with E-state index in [1.54, 1.807) is 11.2 Å². The number of benzene rings is 3. The quantitative estimate of drug-likeness (QED) is 0.289. The Morgan fingerprint density at radius 3 is 2.35 bits per heavy atom. The number of carbonyl (C=O) groups is 1. The number of likely N-dealkylation sites (tertiary alicyclic amines) is 1. The first-order valence-electron chi connectivity index (χ1n) is 12.7. The molecule has 4 nitrogen and oxygen atoms in total. The van der Waals surface area contributed by atoms with Crippen LogP contribution in [0.25, 0.3) is 0 Å². The third kappa shape index (κ3) is 7.23. The van der Waals surface area contributed by atoms with E-state index in [2.05, 4.69) is 11.0 Å². The van der Waals surface area contributed by atoms with Gasteiger partial charge in [0.2, 0.25) is 0 Å². The highest BCUT2D eigenvalue weighted by Gasteiger charge is 2.25. The van der Waals surface area contributed by atoms with E-state index < -0.39 is 10.8 Å². The molecule has 0 radical (unpaired) electrons. The Hall–Kier alpha value is -2.18. The van der Waals surface area contributed by atoms with Gasteiger partial charge in [-0.2, -0.15) is 0 Å². The van der Waals surface area contributed by atoms with E-state index in [4.69, 9.17) is 23.2 Å². The lowest BCUT2D eigenvalue weighted by Gasteiger charge is -2.34. The maximum atomic E-state index is 13.0. The zero-order valence-corrected chi connectivity index (χ0v) is 23.7. The molecule has 0 N–H and O–H groups in total. The number of amides is 1.